The molecule has 142 valence electrons. The third kappa shape index (κ3) is 4.70. The number of morpholine rings is 1. The second kappa shape index (κ2) is 9.07. The predicted octanol–water partition coefficient (Wildman–Crippen LogP) is 2.17. The normalized spacial score (nSPS) is 16.8. The van der Waals surface area contributed by atoms with Crippen LogP contribution in [0.5, 0.6) is 5.75 Å². The number of phenolic OH excluding ortho intramolecular Hbond substituents is 1. The van der Waals surface area contributed by atoms with Crippen LogP contribution in [0.1, 0.15) is 12.1 Å². The minimum absolute atomic E-state index is 0.0984. The number of rotatable bonds is 7. The second-order valence-electron chi connectivity index (χ2n) is 6.07. The maximum Gasteiger partial charge on any atom is 0.210 e. The van der Waals surface area contributed by atoms with Crippen molar-refractivity contribution >= 4 is 33.6 Å². The Bertz CT molecular complexity index is 799. The first-order valence-corrected chi connectivity index (χ1v) is 9.92. The molecule has 7 nitrogen and oxygen atoms in total. The lowest BCUT2D eigenvalue weighted by atomic mass is 10.2. The Morgan fingerprint density at radius 1 is 1.42 bits per heavy atom. The number of hydrogen-bond donors (Lipinski definition) is 2. The Hall–Kier alpha value is -1.29. The largest absolute Gasteiger partial charge is 0.504 e. The van der Waals surface area contributed by atoms with Crippen LogP contribution in [0, 0.1) is 6.92 Å². The van der Waals surface area contributed by atoms with Crippen LogP contribution in [0.3, 0.4) is 0 Å². The summed E-state index contributed by atoms with van der Waals surface area (Å²) in [5.74, 6) is -0.179. The number of aromatic nitrogens is 1. The third-order valence-electron chi connectivity index (χ3n) is 4.18. The molecule has 2 aromatic rings. The number of nitrogens with one attached hydrogen (secondary N) is 1. The summed E-state index contributed by atoms with van der Waals surface area (Å²) in [4.78, 5) is 6.69. The molecule has 0 bridgehead atoms. The average Bonchev–Trinajstić information content (AvgIpc) is 2.65. The summed E-state index contributed by atoms with van der Waals surface area (Å²) in [6.45, 7) is 6.67. The molecular weight excluding hydrogens is 378 g/mol. The van der Waals surface area contributed by atoms with Crippen molar-refractivity contribution in [3.05, 3.63) is 28.9 Å². The first-order chi connectivity index (χ1) is 12.6. The first-order valence-electron chi connectivity index (χ1n) is 8.47. The van der Waals surface area contributed by atoms with Crippen LogP contribution in [0.4, 0.5) is 0 Å². The van der Waals surface area contributed by atoms with Gasteiger partial charge in [-0.1, -0.05) is 11.6 Å². The Morgan fingerprint density at radius 2 is 2.19 bits per heavy atom. The fourth-order valence-corrected chi connectivity index (χ4v) is 3.85. The molecule has 1 fully saturated rings. The number of phenols is 1. The van der Waals surface area contributed by atoms with Gasteiger partial charge in [-0.15, -0.1) is 0 Å². The molecule has 1 aliphatic heterocycles. The molecule has 0 saturated carbocycles. The summed E-state index contributed by atoms with van der Waals surface area (Å²) in [7, 11) is 0. The summed E-state index contributed by atoms with van der Waals surface area (Å²) in [6, 6.07) is 5.02. The molecule has 9 heteroatoms. The molecule has 0 aliphatic carbocycles. The van der Waals surface area contributed by atoms with Crippen LogP contribution in [0.15, 0.2) is 23.1 Å². The van der Waals surface area contributed by atoms with Gasteiger partial charge in [0.1, 0.15) is 10.4 Å². The molecule has 1 unspecified atom stereocenters. The minimum atomic E-state index is -1.90. The number of hydroxylamine groups is 1. The van der Waals surface area contributed by atoms with E-state index in [1.807, 2.05) is 6.92 Å². The summed E-state index contributed by atoms with van der Waals surface area (Å²) < 4.78 is 22.8. The zero-order valence-corrected chi connectivity index (χ0v) is 16.1. The maximum absolute atomic E-state index is 12.4. The molecule has 0 amide bonds. The summed E-state index contributed by atoms with van der Waals surface area (Å²) in [5.41, 5.74) is 3.74. The lowest BCUT2D eigenvalue weighted by Gasteiger charge is -2.26. The topological polar surface area (TPSA) is 83.9 Å². The number of pyridine rings is 1. The van der Waals surface area contributed by atoms with Crippen LogP contribution in [-0.4, -0.2) is 58.6 Å². The van der Waals surface area contributed by atoms with Gasteiger partial charge in [0.25, 0.3) is 0 Å². The number of fused-ring (bicyclic) bond motifs is 1. The molecule has 1 atom stereocenters. The van der Waals surface area contributed by atoms with Crippen LogP contribution in [-0.2, 0) is 20.1 Å². The van der Waals surface area contributed by atoms with E-state index in [1.54, 1.807) is 12.1 Å². The molecule has 0 spiro atoms. The van der Waals surface area contributed by atoms with Gasteiger partial charge in [0.05, 0.1) is 18.2 Å². The lowest BCUT2D eigenvalue weighted by Crippen LogP contribution is -2.37. The number of nitrogens with zero attached hydrogens (tertiary/aromatic N) is 2. The van der Waals surface area contributed by atoms with E-state index in [0.717, 1.165) is 45.0 Å². The van der Waals surface area contributed by atoms with Gasteiger partial charge >= 0.3 is 0 Å². The number of halogens is 1. The monoisotopic (exact) mass is 399 g/mol. The van der Waals surface area contributed by atoms with E-state index in [-0.39, 0.29) is 10.6 Å². The fourth-order valence-electron chi connectivity index (χ4n) is 2.77. The van der Waals surface area contributed by atoms with E-state index >= 15 is 0 Å². The van der Waals surface area contributed by atoms with Crippen molar-refractivity contribution in [3.8, 4) is 5.75 Å². The highest BCUT2D eigenvalue weighted by Crippen LogP contribution is 2.35. The molecule has 1 saturated heterocycles. The molecule has 1 aliphatic rings. The second-order valence-corrected chi connectivity index (χ2v) is 7.56. The highest BCUT2D eigenvalue weighted by atomic mass is 35.5. The number of ether oxygens (including phenoxy) is 1. The van der Waals surface area contributed by atoms with Gasteiger partial charge in [-0.05, 0) is 38.1 Å². The highest BCUT2D eigenvalue weighted by Gasteiger charge is 2.18. The SMILES string of the molecule is Cc1ccc2c(Cl)cc(S(=O)ONCCCN3CCOCC3)c(O)c2n1. The van der Waals surface area contributed by atoms with Gasteiger partial charge in [-0.2, -0.15) is 9.76 Å². The quantitative estimate of drug-likeness (QED) is 0.545. The minimum Gasteiger partial charge on any atom is -0.504 e. The van der Waals surface area contributed by atoms with Crippen molar-refractivity contribution in [1.29, 1.82) is 0 Å². The Labute approximate surface area is 159 Å². The fraction of sp³-hybridized carbons (Fsp3) is 0.471. The Kier molecular flexibility index (Phi) is 6.80. The smallest absolute Gasteiger partial charge is 0.210 e. The van der Waals surface area contributed by atoms with E-state index in [0.29, 0.717) is 22.5 Å². The van der Waals surface area contributed by atoms with Gasteiger partial charge < -0.3 is 9.84 Å². The van der Waals surface area contributed by atoms with Crippen molar-refractivity contribution in [2.24, 2.45) is 0 Å². The molecule has 0 radical (unpaired) electrons. The van der Waals surface area contributed by atoms with E-state index in [1.165, 1.54) is 6.07 Å². The molecular formula is C17H22ClN3O4S. The maximum atomic E-state index is 12.4. The molecule has 3 rings (SSSR count). The van der Waals surface area contributed by atoms with Crippen molar-refractivity contribution in [2.45, 2.75) is 18.2 Å². The molecule has 1 aromatic heterocycles. The first kappa shape index (κ1) is 19.5. The van der Waals surface area contributed by atoms with Crippen molar-refractivity contribution < 1.29 is 18.3 Å². The van der Waals surface area contributed by atoms with Gasteiger partial charge in [-0.3, -0.25) is 4.90 Å². The van der Waals surface area contributed by atoms with E-state index in [9.17, 15) is 9.32 Å². The Balaban J connectivity index is 1.56. The number of aromatic hydroxyl groups is 1. The van der Waals surface area contributed by atoms with E-state index < -0.39 is 11.1 Å². The van der Waals surface area contributed by atoms with Crippen LogP contribution >= 0.6 is 11.6 Å². The van der Waals surface area contributed by atoms with Gasteiger partial charge in [0.15, 0.2) is 5.75 Å². The standard InChI is InChI=1S/C17H22ClN3O4S/c1-12-3-4-13-14(18)11-15(17(22)16(13)20-12)26(23)25-19-5-2-6-21-7-9-24-10-8-21/h3-4,11,19,22H,2,5-10H2,1H3. The van der Waals surface area contributed by atoms with Gasteiger partial charge in [-0.25, -0.2) is 9.19 Å². The average molecular weight is 400 g/mol. The zero-order chi connectivity index (χ0) is 18.5. The lowest BCUT2D eigenvalue weighted by molar-refractivity contribution is 0.0365. The van der Waals surface area contributed by atoms with Crippen molar-refractivity contribution in [1.82, 2.24) is 15.4 Å². The Morgan fingerprint density at radius 3 is 2.96 bits per heavy atom. The van der Waals surface area contributed by atoms with Gasteiger partial charge in [0, 0.05) is 30.7 Å². The zero-order valence-electron chi connectivity index (χ0n) is 14.5. The molecule has 2 N–H and O–H groups in total. The molecule has 1 aromatic carbocycles. The summed E-state index contributed by atoms with van der Waals surface area (Å²) >= 11 is 4.33. The number of benzene rings is 1. The summed E-state index contributed by atoms with van der Waals surface area (Å²) in [5, 5.41) is 11.4. The number of aryl methyl sites for hydroxylation is 1. The van der Waals surface area contributed by atoms with E-state index in [4.69, 9.17) is 20.6 Å². The molecule has 2 heterocycles. The molecule has 26 heavy (non-hydrogen) atoms. The van der Waals surface area contributed by atoms with Crippen molar-refractivity contribution in [3.63, 3.8) is 0 Å². The van der Waals surface area contributed by atoms with Gasteiger partial charge in [0.2, 0.25) is 11.1 Å². The highest BCUT2D eigenvalue weighted by molar-refractivity contribution is 7.80. The van der Waals surface area contributed by atoms with Crippen molar-refractivity contribution in [2.75, 3.05) is 39.4 Å². The van der Waals surface area contributed by atoms with Crippen LogP contribution in [0.2, 0.25) is 5.02 Å². The number of hydrogen-bond acceptors (Lipinski definition) is 7. The predicted molar refractivity (Wildman–Crippen MR) is 101 cm³/mol. The van der Waals surface area contributed by atoms with E-state index in [2.05, 4.69) is 15.4 Å². The summed E-state index contributed by atoms with van der Waals surface area (Å²) in [6.07, 6.45) is 0.850. The van der Waals surface area contributed by atoms with Crippen LogP contribution in [0.25, 0.3) is 10.9 Å². The third-order valence-corrected chi connectivity index (χ3v) is 5.43. The van der Waals surface area contributed by atoms with Crippen LogP contribution < -0.4 is 5.48 Å².